The summed E-state index contributed by atoms with van der Waals surface area (Å²) >= 11 is 5.85. The van der Waals surface area contributed by atoms with Crippen molar-refractivity contribution >= 4 is 17.3 Å². The van der Waals surface area contributed by atoms with Crippen molar-refractivity contribution in [3.8, 4) is 0 Å². The highest BCUT2D eigenvalue weighted by atomic mass is 35.5. The Morgan fingerprint density at radius 2 is 1.64 bits per heavy atom. The number of nitrogens with zero attached hydrogens (tertiary/aromatic N) is 2. The second-order valence-corrected chi connectivity index (χ2v) is 8.32. The van der Waals surface area contributed by atoms with Gasteiger partial charge in [-0.15, -0.1) is 0 Å². The van der Waals surface area contributed by atoms with E-state index in [0.717, 1.165) is 38.0 Å². The highest BCUT2D eigenvalue weighted by molar-refractivity contribution is 6.30. The highest BCUT2D eigenvalue weighted by Crippen LogP contribution is 2.33. The lowest BCUT2D eigenvalue weighted by Crippen LogP contribution is -2.47. The van der Waals surface area contributed by atoms with Gasteiger partial charge in [-0.2, -0.15) is 0 Å². The molecule has 0 bridgehead atoms. The molecule has 0 spiro atoms. The van der Waals surface area contributed by atoms with Gasteiger partial charge in [0.05, 0.1) is 5.69 Å². The average Bonchev–Trinajstić information content (AvgIpc) is 2.62. The molecule has 1 saturated carbocycles. The molecule has 0 radical (unpaired) electrons. The number of benzene rings is 1. The van der Waals surface area contributed by atoms with Crippen LogP contribution in [0.5, 0.6) is 0 Å². The Morgan fingerprint density at radius 1 is 1.00 bits per heavy atom. The summed E-state index contributed by atoms with van der Waals surface area (Å²) in [5.41, 5.74) is 0.693. The van der Waals surface area contributed by atoms with E-state index in [1.165, 1.54) is 57.6 Å². The van der Waals surface area contributed by atoms with Crippen LogP contribution in [0.4, 0.5) is 10.1 Å². The van der Waals surface area contributed by atoms with Gasteiger partial charge >= 0.3 is 0 Å². The first kappa shape index (κ1) is 19.0. The molecule has 0 N–H and O–H groups in total. The first-order chi connectivity index (χ1) is 12.2. The minimum absolute atomic E-state index is 0.204. The molecule has 140 valence electrons. The molecule has 1 aliphatic carbocycles. The number of rotatable bonds is 6. The molecule has 2 nitrogen and oxygen atoms in total. The summed E-state index contributed by atoms with van der Waals surface area (Å²) in [6.45, 7) is 7.39. The summed E-state index contributed by atoms with van der Waals surface area (Å²) in [4.78, 5) is 4.71. The maximum Gasteiger partial charge on any atom is 0.147 e. The van der Waals surface area contributed by atoms with E-state index < -0.39 is 0 Å². The minimum Gasteiger partial charge on any atom is -0.367 e. The molecule has 0 unspecified atom stereocenters. The molecule has 3 rings (SSSR count). The van der Waals surface area contributed by atoms with Crippen molar-refractivity contribution in [1.82, 2.24) is 4.90 Å². The molecule has 2 aliphatic rings. The molecule has 1 heterocycles. The van der Waals surface area contributed by atoms with Crippen LogP contribution in [0, 0.1) is 17.7 Å². The van der Waals surface area contributed by atoms with E-state index >= 15 is 0 Å². The number of hydrogen-bond acceptors (Lipinski definition) is 2. The SMILES string of the molecule is CCCC1CCC(CCN2CCN(c3ccc(Cl)cc3F)CC2)CC1. The molecular formula is C21H32ClFN2. The monoisotopic (exact) mass is 366 g/mol. The summed E-state index contributed by atoms with van der Waals surface area (Å²) in [6.07, 6.45) is 9.86. The molecule has 25 heavy (non-hydrogen) atoms. The summed E-state index contributed by atoms with van der Waals surface area (Å²) in [5.74, 6) is 1.73. The van der Waals surface area contributed by atoms with Crippen molar-refractivity contribution in [2.75, 3.05) is 37.6 Å². The van der Waals surface area contributed by atoms with Crippen molar-refractivity contribution < 1.29 is 4.39 Å². The predicted octanol–water partition coefficient (Wildman–Crippen LogP) is 5.60. The largest absolute Gasteiger partial charge is 0.367 e. The van der Waals surface area contributed by atoms with E-state index in [4.69, 9.17) is 11.6 Å². The average molecular weight is 367 g/mol. The summed E-state index contributed by atoms with van der Waals surface area (Å²) in [7, 11) is 0. The Balaban J connectivity index is 1.38. The van der Waals surface area contributed by atoms with Crippen molar-refractivity contribution in [1.29, 1.82) is 0 Å². The summed E-state index contributed by atoms with van der Waals surface area (Å²) < 4.78 is 14.1. The zero-order valence-electron chi connectivity index (χ0n) is 15.5. The lowest BCUT2D eigenvalue weighted by atomic mass is 9.79. The molecule has 1 aromatic rings. The third-order valence-electron chi connectivity index (χ3n) is 6.14. The van der Waals surface area contributed by atoms with Crippen molar-refractivity contribution in [2.24, 2.45) is 11.8 Å². The van der Waals surface area contributed by atoms with Gasteiger partial charge in [0, 0.05) is 31.2 Å². The molecule has 1 aliphatic heterocycles. The smallest absolute Gasteiger partial charge is 0.147 e. The number of piperazine rings is 1. The first-order valence-electron chi connectivity index (χ1n) is 10.1. The van der Waals surface area contributed by atoms with Gasteiger partial charge in [0.2, 0.25) is 0 Å². The minimum atomic E-state index is -0.204. The Kier molecular flexibility index (Phi) is 7.00. The lowest BCUT2D eigenvalue weighted by molar-refractivity contribution is 0.200. The molecular weight excluding hydrogens is 335 g/mol. The molecule has 0 aromatic heterocycles. The fourth-order valence-electron chi connectivity index (χ4n) is 4.53. The lowest BCUT2D eigenvalue weighted by Gasteiger charge is -2.37. The quantitative estimate of drug-likeness (QED) is 0.646. The van der Waals surface area contributed by atoms with E-state index in [9.17, 15) is 4.39 Å². The van der Waals surface area contributed by atoms with Gasteiger partial charge in [-0.25, -0.2) is 4.39 Å². The van der Waals surface area contributed by atoms with Crippen LogP contribution in [-0.2, 0) is 0 Å². The van der Waals surface area contributed by atoms with Crippen LogP contribution in [0.1, 0.15) is 51.9 Å². The third-order valence-corrected chi connectivity index (χ3v) is 6.37. The normalized spacial score (nSPS) is 25.3. The fourth-order valence-corrected chi connectivity index (χ4v) is 4.69. The first-order valence-corrected chi connectivity index (χ1v) is 10.5. The Morgan fingerprint density at radius 3 is 2.24 bits per heavy atom. The highest BCUT2D eigenvalue weighted by Gasteiger charge is 2.23. The summed E-state index contributed by atoms with van der Waals surface area (Å²) in [5, 5.41) is 0.466. The third kappa shape index (κ3) is 5.34. The van der Waals surface area contributed by atoms with E-state index in [1.54, 1.807) is 6.07 Å². The van der Waals surface area contributed by atoms with Gasteiger partial charge in [0.1, 0.15) is 5.82 Å². The zero-order chi connectivity index (χ0) is 17.6. The summed E-state index contributed by atoms with van der Waals surface area (Å²) in [6, 6.07) is 5.00. The van der Waals surface area contributed by atoms with Crippen LogP contribution >= 0.6 is 11.6 Å². The zero-order valence-corrected chi connectivity index (χ0v) is 16.3. The van der Waals surface area contributed by atoms with Crippen molar-refractivity contribution in [3.63, 3.8) is 0 Å². The van der Waals surface area contributed by atoms with E-state index in [-0.39, 0.29) is 5.82 Å². The molecule has 4 heteroatoms. The maximum absolute atomic E-state index is 14.1. The van der Waals surface area contributed by atoms with Gasteiger partial charge in [0.25, 0.3) is 0 Å². The molecule has 1 aromatic carbocycles. The molecule has 0 atom stereocenters. The van der Waals surface area contributed by atoms with E-state index in [2.05, 4.69) is 16.7 Å². The van der Waals surface area contributed by atoms with Gasteiger partial charge < -0.3 is 4.90 Å². The second kappa shape index (κ2) is 9.23. The topological polar surface area (TPSA) is 6.48 Å². The van der Waals surface area contributed by atoms with Crippen LogP contribution < -0.4 is 4.90 Å². The van der Waals surface area contributed by atoms with Crippen LogP contribution in [-0.4, -0.2) is 37.6 Å². The Hall–Kier alpha value is -0.800. The van der Waals surface area contributed by atoms with Gasteiger partial charge in [-0.3, -0.25) is 4.90 Å². The van der Waals surface area contributed by atoms with Gasteiger partial charge in [0.15, 0.2) is 0 Å². The second-order valence-electron chi connectivity index (χ2n) is 7.89. The van der Waals surface area contributed by atoms with Crippen LogP contribution in [0.2, 0.25) is 5.02 Å². The fraction of sp³-hybridized carbons (Fsp3) is 0.714. The molecule has 0 amide bonds. The van der Waals surface area contributed by atoms with Crippen molar-refractivity contribution in [2.45, 2.75) is 51.9 Å². The van der Waals surface area contributed by atoms with Gasteiger partial charge in [-0.05, 0) is 43.0 Å². The number of hydrogen-bond donors (Lipinski definition) is 0. The van der Waals surface area contributed by atoms with Crippen LogP contribution in [0.25, 0.3) is 0 Å². The molecule has 2 fully saturated rings. The number of halogens is 2. The predicted molar refractivity (Wildman–Crippen MR) is 105 cm³/mol. The standard InChI is InChI=1S/C21H32ClFN2/c1-2-3-17-4-6-18(7-5-17)10-11-24-12-14-25(15-13-24)21-9-8-19(22)16-20(21)23/h8-9,16-18H,2-7,10-15H2,1H3. The van der Waals surface area contributed by atoms with E-state index in [0.29, 0.717) is 10.7 Å². The van der Waals surface area contributed by atoms with Crippen LogP contribution in [0.15, 0.2) is 18.2 Å². The van der Waals surface area contributed by atoms with E-state index in [1.807, 2.05) is 6.07 Å². The van der Waals surface area contributed by atoms with Crippen molar-refractivity contribution in [3.05, 3.63) is 29.0 Å². The Bertz CT molecular complexity index is 535. The maximum atomic E-state index is 14.1. The van der Waals surface area contributed by atoms with Gasteiger partial charge in [-0.1, -0.05) is 57.0 Å². The number of anilines is 1. The Labute approximate surface area is 157 Å². The van der Waals surface area contributed by atoms with Crippen LogP contribution in [0.3, 0.4) is 0 Å². The molecule has 1 saturated heterocycles.